The van der Waals surface area contributed by atoms with Crippen molar-refractivity contribution in [3.63, 3.8) is 0 Å². The van der Waals surface area contributed by atoms with E-state index in [1.165, 1.54) is 0 Å². The van der Waals surface area contributed by atoms with Crippen molar-refractivity contribution in [2.24, 2.45) is 5.41 Å². The summed E-state index contributed by atoms with van der Waals surface area (Å²) in [5.41, 5.74) is -0.199. The summed E-state index contributed by atoms with van der Waals surface area (Å²) in [6, 6.07) is 0. The fraction of sp³-hybridized carbons (Fsp3) is 0.857. The number of ether oxygens (including phenoxy) is 1. The van der Waals surface area contributed by atoms with Gasteiger partial charge in [0.15, 0.2) is 5.79 Å². The van der Waals surface area contributed by atoms with Gasteiger partial charge in [-0.25, -0.2) is 4.18 Å². The van der Waals surface area contributed by atoms with Crippen molar-refractivity contribution in [2.75, 3.05) is 6.61 Å². The third kappa shape index (κ3) is 2.36. The summed E-state index contributed by atoms with van der Waals surface area (Å²) < 4.78 is 36.0. The molecule has 4 nitrogen and oxygen atoms in total. The minimum absolute atomic E-state index is 0.199. The third-order valence-electron chi connectivity index (χ3n) is 4.74. The maximum absolute atomic E-state index is 12.3. The van der Waals surface area contributed by atoms with Gasteiger partial charge in [0.1, 0.15) is 0 Å². The molecule has 3 atom stereocenters. The number of rotatable bonds is 6. The van der Waals surface area contributed by atoms with Crippen LogP contribution in [0.15, 0.2) is 12.7 Å². The number of hydrogen-bond acceptors (Lipinski definition) is 4. The highest BCUT2D eigenvalue weighted by molar-refractivity contribution is 7.87. The second kappa shape index (κ2) is 5.19. The largest absolute Gasteiger partial charge is 0.348 e. The summed E-state index contributed by atoms with van der Waals surface area (Å²) in [6.07, 6.45) is 6.58. The summed E-state index contributed by atoms with van der Waals surface area (Å²) in [7, 11) is -3.57. The maximum Gasteiger partial charge on any atom is 0.272 e. The van der Waals surface area contributed by atoms with Crippen LogP contribution in [0.3, 0.4) is 0 Å². The van der Waals surface area contributed by atoms with E-state index in [9.17, 15) is 8.42 Å². The van der Waals surface area contributed by atoms with E-state index in [1.807, 2.05) is 13.0 Å². The Bertz CT molecular complexity index is 430. The molecule has 1 saturated heterocycles. The molecule has 0 N–H and O–H groups in total. The van der Waals surface area contributed by atoms with Gasteiger partial charge in [-0.1, -0.05) is 13.0 Å². The Morgan fingerprint density at radius 1 is 1.42 bits per heavy atom. The Labute approximate surface area is 116 Å². The molecule has 1 heterocycles. The molecule has 3 unspecified atom stereocenters. The highest BCUT2D eigenvalue weighted by Crippen LogP contribution is 2.58. The molecule has 5 heteroatoms. The molecular formula is C14H24O4S. The van der Waals surface area contributed by atoms with Crippen molar-refractivity contribution in [2.45, 2.75) is 63.4 Å². The van der Waals surface area contributed by atoms with Crippen molar-refractivity contribution in [3.8, 4) is 0 Å². The molecule has 0 spiro atoms. The molecule has 0 bridgehead atoms. The van der Waals surface area contributed by atoms with Gasteiger partial charge in [-0.05, 0) is 39.0 Å². The molecule has 0 radical (unpaired) electrons. The molecule has 0 amide bonds. The second-order valence-electron chi connectivity index (χ2n) is 5.77. The van der Waals surface area contributed by atoms with E-state index in [1.54, 1.807) is 6.92 Å². The molecule has 2 rings (SSSR count). The molecule has 1 aliphatic carbocycles. The van der Waals surface area contributed by atoms with Gasteiger partial charge in [0, 0.05) is 11.8 Å². The standard InChI is InChI=1S/C14H24O4S/c1-4-7-13-8-6-9-14(13,17-11-10-13)18-19(15,16)12(3)5-2/h4,12H,1,5-11H2,2-3H3. The molecular weight excluding hydrogens is 264 g/mol. The lowest BCUT2D eigenvalue weighted by Gasteiger charge is -2.38. The average molecular weight is 288 g/mol. The molecule has 0 aromatic rings. The highest BCUT2D eigenvalue weighted by atomic mass is 32.2. The minimum Gasteiger partial charge on any atom is -0.348 e. The van der Waals surface area contributed by atoms with Crippen LogP contribution in [0.1, 0.15) is 52.4 Å². The predicted octanol–water partition coefficient (Wildman–Crippen LogP) is 2.99. The molecule has 1 saturated carbocycles. The molecule has 19 heavy (non-hydrogen) atoms. The summed E-state index contributed by atoms with van der Waals surface area (Å²) in [6.45, 7) is 7.91. The number of fused-ring (bicyclic) bond motifs is 1. The van der Waals surface area contributed by atoms with Crippen LogP contribution in [-0.2, 0) is 19.0 Å². The number of hydrogen-bond donors (Lipinski definition) is 0. The van der Waals surface area contributed by atoms with E-state index in [2.05, 4.69) is 6.58 Å². The maximum atomic E-state index is 12.3. The van der Waals surface area contributed by atoms with Crippen molar-refractivity contribution >= 4 is 10.1 Å². The first-order valence-corrected chi connectivity index (χ1v) is 8.58. The van der Waals surface area contributed by atoms with Crippen LogP contribution >= 0.6 is 0 Å². The monoisotopic (exact) mass is 288 g/mol. The Hall–Kier alpha value is -0.390. The van der Waals surface area contributed by atoms with Crippen LogP contribution in [-0.4, -0.2) is 26.1 Å². The van der Waals surface area contributed by atoms with Gasteiger partial charge in [-0.15, -0.1) is 6.58 Å². The summed E-state index contributed by atoms with van der Waals surface area (Å²) >= 11 is 0. The highest BCUT2D eigenvalue weighted by Gasteiger charge is 2.62. The summed E-state index contributed by atoms with van der Waals surface area (Å²) in [4.78, 5) is 0. The smallest absolute Gasteiger partial charge is 0.272 e. The fourth-order valence-corrected chi connectivity index (χ4v) is 4.59. The quantitative estimate of drug-likeness (QED) is 0.557. The molecule has 110 valence electrons. The Morgan fingerprint density at radius 2 is 2.16 bits per heavy atom. The zero-order valence-corrected chi connectivity index (χ0v) is 12.7. The van der Waals surface area contributed by atoms with E-state index < -0.39 is 21.2 Å². The van der Waals surface area contributed by atoms with E-state index in [0.717, 1.165) is 25.7 Å². The van der Waals surface area contributed by atoms with Gasteiger partial charge in [-0.2, -0.15) is 8.42 Å². The molecule has 2 aliphatic rings. The van der Waals surface area contributed by atoms with Crippen LogP contribution in [0.5, 0.6) is 0 Å². The summed E-state index contributed by atoms with van der Waals surface area (Å²) in [5, 5.41) is -0.492. The van der Waals surface area contributed by atoms with Crippen molar-refractivity contribution < 1.29 is 17.3 Å². The Morgan fingerprint density at radius 3 is 2.79 bits per heavy atom. The van der Waals surface area contributed by atoms with Gasteiger partial charge in [0.2, 0.25) is 0 Å². The van der Waals surface area contributed by atoms with Gasteiger partial charge in [0.05, 0.1) is 11.9 Å². The topological polar surface area (TPSA) is 52.6 Å². The lowest BCUT2D eigenvalue weighted by atomic mass is 9.77. The molecule has 0 aromatic heterocycles. The normalized spacial score (nSPS) is 36.1. The van der Waals surface area contributed by atoms with Crippen molar-refractivity contribution in [1.29, 1.82) is 0 Å². The first-order valence-electron chi connectivity index (χ1n) is 7.11. The molecule has 2 fully saturated rings. The van der Waals surface area contributed by atoms with Crippen LogP contribution in [0.2, 0.25) is 0 Å². The number of allylic oxidation sites excluding steroid dienone is 1. The molecule has 0 aromatic carbocycles. The first-order chi connectivity index (χ1) is 8.91. The minimum atomic E-state index is -3.57. The average Bonchev–Trinajstić information content (AvgIpc) is 2.82. The Kier molecular flexibility index (Phi) is 4.10. The zero-order chi connectivity index (χ0) is 14.1. The van der Waals surface area contributed by atoms with E-state index in [0.29, 0.717) is 19.4 Å². The van der Waals surface area contributed by atoms with Crippen LogP contribution in [0.4, 0.5) is 0 Å². The molecule has 1 aliphatic heterocycles. The van der Waals surface area contributed by atoms with Crippen LogP contribution in [0, 0.1) is 5.41 Å². The fourth-order valence-electron chi connectivity index (χ4n) is 3.33. The van der Waals surface area contributed by atoms with Crippen molar-refractivity contribution in [3.05, 3.63) is 12.7 Å². The third-order valence-corrected chi connectivity index (χ3v) is 6.56. The lowest BCUT2D eigenvalue weighted by Crippen LogP contribution is -2.46. The van der Waals surface area contributed by atoms with Crippen LogP contribution in [0.25, 0.3) is 0 Å². The van der Waals surface area contributed by atoms with Crippen LogP contribution < -0.4 is 0 Å². The van der Waals surface area contributed by atoms with Gasteiger partial charge in [0.25, 0.3) is 10.1 Å². The summed E-state index contributed by atoms with van der Waals surface area (Å²) in [5.74, 6) is -0.941. The van der Waals surface area contributed by atoms with Gasteiger partial charge >= 0.3 is 0 Å². The van der Waals surface area contributed by atoms with E-state index in [4.69, 9.17) is 8.92 Å². The van der Waals surface area contributed by atoms with Crippen molar-refractivity contribution in [1.82, 2.24) is 0 Å². The van der Waals surface area contributed by atoms with Gasteiger partial charge < -0.3 is 4.74 Å². The Balaban J connectivity index is 2.29. The lowest BCUT2D eigenvalue weighted by molar-refractivity contribution is -0.188. The van der Waals surface area contributed by atoms with Gasteiger partial charge in [-0.3, -0.25) is 0 Å². The first kappa shape index (κ1) is 15.0. The second-order valence-corrected chi connectivity index (χ2v) is 7.73. The van der Waals surface area contributed by atoms with E-state index in [-0.39, 0.29) is 5.41 Å². The van der Waals surface area contributed by atoms with E-state index >= 15 is 0 Å². The zero-order valence-electron chi connectivity index (χ0n) is 11.9. The predicted molar refractivity (Wildman–Crippen MR) is 74.2 cm³/mol. The SMILES string of the molecule is C=CCC12CCCC1(OS(=O)(=O)C(C)CC)OCC2.